The number of aryl methyl sites for hydroxylation is 2. The molecule has 3 atom stereocenters. The minimum atomic E-state index is -2.05. The Morgan fingerprint density at radius 1 is 0.800 bits per heavy atom. The quantitative estimate of drug-likeness (QED) is 0.253. The van der Waals surface area contributed by atoms with E-state index < -0.39 is 46.9 Å². The Labute approximate surface area is 215 Å². The minimum Gasteiger partial charge on any atom is -0.349 e. The third-order valence-electron chi connectivity index (χ3n) is 7.44. The SMILES string of the molecule is Cc1ccc(N2C(=O)[C@@H]3[C@H](c4cccc(I)c4)OC4(C(=O)c5ccccc5C4=O)[C@H]3C2=O)cc1C. The molecule has 2 heterocycles. The van der Waals surface area contributed by atoms with Crippen molar-refractivity contribution in [3.63, 3.8) is 0 Å². The summed E-state index contributed by atoms with van der Waals surface area (Å²) < 4.78 is 7.24. The van der Waals surface area contributed by atoms with Gasteiger partial charge in [-0.3, -0.25) is 19.2 Å². The molecule has 2 fully saturated rings. The number of ether oxygens (including phenoxy) is 1. The molecule has 6 nitrogen and oxygen atoms in total. The molecule has 7 heteroatoms. The van der Waals surface area contributed by atoms with Gasteiger partial charge >= 0.3 is 0 Å². The van der Waals surface area contributed by atoms with E-state index in [1.807, 2.05) is 38.1 Å². The van der Waals surface area contributed by atoms with Crippen LogP contribution in [0.3, 0.4) is 0 Å². The number of hydrogen-bond acceptors (Lipinski definition) is 5. The van der Waals surface area contributed by atoms with Gasteiger partial charge in [0.2, 0.25) is 29.0 Å². The highest BCUT2D eigenvalue weighted by Crippen LogP contribution is 2.57. The second-order valence-corrected chi connectivity index (χ2v) is 10.6. The Hall–Kier alpha value is -3.17. The molecule has 2 saturated heterocycles. The van der Waals surface area contributed by atoms with E-state index >= 15 is 0 Å². The summed E-state index contributed by atoms with van der Waals surface area (Å²) in [5.41, 5.74) is 1.45. The molecular weight excluding hydrogens is 557 g/mol. The van der Waals surface area contributed by atoms with E-state index in [4.69, 9.17) is 4.74 Å². The van der Waals surface area contributed by atoms with Crippen LogP contribution < -0.4 is 4.90 Å². The molecule has 2 amide bonds. The Morgan fingerprint density at radius 3 is 2.11 bits per heavy atom. The van der Waals surface area contributed by atoms with E-state index in [0.29, 0.717) is 11.3 Å². The molecule has 0 unspecified atom stereocenters. The van der Waals surface area contributed by atoms with Gasteiger partial charge in [-0.15, -0.1) is 0 Å². The summed E-state index contributed by atoms with van der Waals surface area (Å²) >= 11 is 2.16. The Bertz CT molecular complexity index is 1440. The second-order valence-electron chi connectivity index (χ2n) is 9.32. The Morgan fingerprint density at radius 2 is 1.49 bits per heavy atom. The molecule has 2 aliphatic heterocycles. The third-order valence-corrected chi connectivity index (χ3v) is 8.12. The molecule has 3 aliphatic rings. The topological polar surface area (TPSA) is 80.8 Å². The van der Waals surface area contributed by atoms with E-state index in [-0.39, 0.29) is 11.1 Å². The van der Waals surface area contributed by atoms with Crippen molar-refractivity contribution >= 4 is 51.7 Å². The van der Waals surface area contributed by atoms with Crippen LogP contribution >= 0.6 is 22.6 Å². The fraction of sp³-hybridized carbons (Fsp3) is 0.214. The van der Waals surface area contributed by atoms with E-state index in [2.05, 4.69) is 22.6 Å². The van der Waals surface area contributed by atoms with Crippen LogP contribution in [-0.2, 0) is 14.3 Å². The normalized spacial score (nSPS) is 24.4. The van der Waals surface area contributed by atoms with Gasteiger partial charge in [0.25, 0.3) is 0 Å². The van der Waals surface area contributed by atoms with Crippen molar-refractivity contribution in [3.8, 4) is 0 Å². The monoisotopic (exact) mass is 577 g/mol. The van der Waals surface area contributed by atoms with E-state index in [9.17, 15) is 19.2 Å². The second kappa shape index (κ2) is 7.66. The Balaban J connectivity index is 1.55. The van der Waals surface area contributed by atoms with E-state index in [1.54, 1.807) is 42.5 Å². The van der Waals surface area contributed by atoms with E-state index in [0.717, 1.165) is 19.6 Å². The predicted octanol–water partition coefficient (Wildman–Crippen LogP) is 4.60. The third kappa shape index (κ3) is 2.91. The van der Waals surface area contributed by atoms with Gasteiger partial charge in [0.05, 0.1) is 23.6 Å². The maximum atomic E-state index is 14.0. The summed E-state index contributed by atoms with van der Waals surface area (Å²) in [6, 6.07) is 19.2. The zero-order valence-electron chi connectivity index (χ0n) is 18.9. The van der Waals surface area contributed by atoms with E-state index in [1.165, 1.54) is 0 Å². The highest BCUT2D eigenvalue weighted by molar-refractivity contribution is 14.1. The zero-order valence-corrected chi connectivity index (χ0v) is 21.1. The maximum Gasteiger partial charge on any atom is 0.241 e. The smallest absolute Gasteiger partial charge is 0.241 e. The molecule has 6 rings (SSSR count). The number of halogens is 1. The largest absolute Gasteiger partial charge is 0.349 e. The summed E-state index contributed by atoms with van der Waals surface area (Å²) in [4.78, 5) is 56.6. The number of hydrogen-bond donors (Lipinski definition) is 0. The van der Waals surface area contributed by atoms with Gasteiger partial charge < -0.3 is 4.74 Å². The molecule has 35 heavy (non-hydrogen) atoms. The first-order valence-electron chi connectivity index (χ1n) is 11.3. The first-order valence-corrected chi connectivity index (χ1v) is 12.4. The molecule has 174 valence electrons. The van der Waals surface area contributed by atoms with Crippen LogP contribution in [0.2, 0.25) is 0 Å². The lowest BCUT2D eigenvalue weighted by molar-refractivity contribution is -0.127. The van der Waals surface area contributed by atoms with Gasteiger partial charge in [-0.2, -0.15) is 0 Å². The lowest BCUT2D eigenvalue weighted by atomic mass is 9.77. The first-order chi connectivity index (χ1) is 16.8. The van der Waals surface area contributed by atoms with Crippen LogP contribution in [0.1, 0.15) is 43.5 Å². The summed E-state index contributed by atoms with van der Waals surface area (Å²) in [5, 5.41) is 0. The summed E-state index contributed by atoms with van der Waals surface area (Å²) in [6.45, 7) is 3.86. The average molecular weight is 577 g/mol. The summed E-state index contributed by atoms with van der Waals surface area (Å²) in [6.07, 6.45) is -0.912. The van der Waals surface area contributed by atoms with Crippen LogP contribution in [0.25, 0.3) is 0 Å². The number of ketones is 2. The number of imide groups is 1. The van der Waals surface area contributed by atoms with Gasteiger partial charge in [0, 0.05) is 14.7 Å². The number of nitrogens with zero attached hydrogens (tertiary/aromatic N) is 1. The van der Waals surface area contributed by atoms with Crippen LogP contribution in [0.4, 0.5) is 5.69 Å². The van der Waals surface area contributed by atoms with Crippen LogP contribution in [0.15, 0.2) is 66.7 Å². The van der Waals surface area contributed by atoms with Crippen LogP contribution in [0, 0.1) is 29.3 Å². The molecule has 0 N–H and O–H groups in total. The molecular formula is C28H20INO5. The fourth-order valence-electron chi connectivity index (χ4n) is 5.62. The summed E-state index contributed by atoms with van der Waals surface area (Å²) in [5.74, 6) is -4.38. The average Bonchev–Trinajstić information content (AvgIpc) is 3.41. The number of carbonyl (C=O) groups is 4. The van der Waals surface area contributed by atoms with Crippen LogP contribution in [-0.4, -0.2) is 29.0 Å². The van der Waals surface area contributed by atoms with Gasteiger partial charge in [-0.25, -0.2) is 4.90 Å². The predicted molar refractivity (Wildman–Crippen MR) is 136 cm³/mol. The van der Waals surface area contributed by atoms with Crippen molar-refractivity contribution < 1.29 is 23.9 Å². The molecule has 1 aliphatic carbocycles. The molecule has 0 aromatic heterocycles. The van der Waals surface area contributed by atoms with Gasteiger partial charge in [-0.1, -0.05) is 42.5 Å². The molecule has 3 aromatic rings. The van der Waals surface area contributed by atoms with Gasteiger partial charge in [-0.05, 0) is 77.4 Å². The minimum absolute atomic E-state index is 0.226. The number of benzene rings is 3. The number of rotatable bonds is 2. The number of carbonyl (C=O) groups excluding carboxylic acids is 4. The standard InChI is InChI=1S/C28H20INO5/c1-14-10-11-18(12-15(14)2)30-26(33)21-22(27(30)34)28(35-23(21)16-6-5-7-17(29)13-16)24(31)19-8-3-4-9-20(19)25(28)32/h3-13,21-23H,1-2H3/t21-,22+,23-/m0/s1. The molecule has 0 saturated carbocycles. The lowest BCUT2D eigenvalue weighted by Crippen LogP contribution is -2.51. The van der Waals surface area contributed by atoms with Gasteiger partial charge in [0.15, 0.2) is 0 Å². The number of amides is 2. The van der Waals surface area contributed by atoms with Crippen molar-refractivity contribution in [2.75, 3.05) is 4.90 Å². The number of Topliss-reactive ketones (excluding diaryl/α,β-unsaturated/α-hetero) is 2. The Kier molecular flexibility index (Phi) is 4.88. The zero-order chi connectivity index (χ0) is 24.6. The first kappa shape index (κ1) is 22.3. The molecule has 0 radical (unpaired) electrons. The summed E-state index contributed by atoms with van der Waals surface area (Å²) in [7, 11) is 0. The fourth-order valence-corrected chi connectivity index (χ4v) is 6.19. The molecule has 0 bridgehead atoms. The number of anilines is 1. The van der Waals surface area contributed by atoms with Crippen LogP contribution in [0.5, 0.6) is 0 Å². The molecule has 3 aromatic carbocycles. The van der Waals surface area contributed by atoms with Crippen molar-refractivity contribution in [1.82, 2.24) is 0 Å². The molecule has 1 spiro atoms. The highest BCUT2D eigenvalue weighted by atomic mass is 127. The lowest BCUT2D eigenvalue weighted by Gasteiger charge is -2.27. The highest BCUT2D eigenvalue weighted by Gasteiger charge is 2.74. The van der Waals surface area contributed by atoms with Gasteiger partial charge in [0.1, 0.15) is 0 Å². The van der Waals surface area contributed by atoms with Crippen molar-refractivity contribution in [2.24, 2.45) is 11.8 Å². The van der Waals surface area contributed by atoms with Crippen molar-refractivity contribution in [3.05, 3.63) is 98.1 Å². The van der Waals surface area contributed by atoms with Crippen molar-refractivity contribution in [1.29, 1.82) is 0 Å². The maximum absolute atomic E-state index is 14.0. The van der Waals surface area contributed by atoms with Crippen molar-refractivity contribution in [2.45, 2.75) is 25.6 Å². The number of fused-ring (bicyclic) bond motifs is 3.